The molecule has 0 unspecified atom stereocenters. The van der Waals surface area contributed by atoms with Crippen LogP contribution in [0.5, 0.6) is 0 Å². The van der Waals surface area contributed by atoms with E-state index in [1.165, 1.54) is 36.3 Å². The number of likely N-dealkylation sites (tertiary alicyclic amines) is 1. The summed E-state index contributed by atoms with van der Waals surface area (Å²) >= 11 is 1.39. The topological polar surface area (TPSA) is 99.6 Å². The highest BCUT2D eigenvalue weighted by Gasteiger charge is 2.38. The van der Waals surface area contributed by atoms with Gasteiger partial charge in [-0.2, -0.15) is 0 Å². The summed E-state index contributed by atoms with van der Waals surface area (Å²) in [4.78, 5) is 19.0. The maximum absolute atomic E-state index is 13.0. The molecule has 2 aromatic rings. The third-order valence-corrected chi connectivity index (χ3v) is 8.44. The van der Waals surface area contributed by atoms with Gasteiger partial charge in [0, 0.05) is 25.2 Å². The molecule has 4 rings (SSSR count). The van der Waals surface area contributed by atoms with Gasteiger partial charge in [0.25, 0.3) is 5.91 Å². The van der Waals surface area contributed by atoms with Gasteiger partial charge >= 0.3 is 0 Å². The van der Waals surface area contributed by atoms with Crippen LogP contribution in [0.15, 0.2) is 65.1 Å². The van der Waals surface area contributed by atoms with Crippen molar-refractivity contribution in [3.05, 3.63) is 60.2 Å². The summed E-state index contributed by atoms with van der Waals surface area (Å²) in [6.45, 7) is 4.73. The van der Waals surface area contributed by atoms with Crippen molar-refractivity contribution in [3.8, 4) is 0 Å². The number of aromatic nitrogens is 1. The van der Waals surface area contributed by atoms with Crippen LogP contribution < -0.4 is 4.72 Å². The third kappa shape index (κ3) is 5.78. The van der Waals surface area contributed by atoms with E-state index in [1.54, 1.807) is 34.7 Å². The van der Waals surface area contributed by atoms with Crippen LogP contribution >= 0.6 is 11.3 Å². The SMILES string of the molecule is C=C/C=C(\C=C/CNS(=O)(=O)c1cccc2scnc12)C(=O)N1CCC(O)(CC2CC2)CC1. The molecule has 1 saturated carbocycles. The molecule has 0 bridgehead atoms. The molecule has 0 atom stereocenters. The first kappa shape index (κ1) is 23.8. The fraction of sp³-hybridized carbons (Fsp3) is 0.417. The molecule has 1 saturated heterocycles. The zero-order valence-electron chi connectivity index (χ0n) is 18.4. The van der Waals surface area contributed by atoms with Gasteiger partial charge in [0.05, 0.1) is 15.8 Å². The lowest BCUT2D eigenvalue weighted by Gasteiger charge is -2.38. The number of carbonyl (C=O) groups is 1. The standard InChI is InChI=1S/C24H29N3O4S2/c1-2-5-19(23(28)27-14-11-24(29,12-15-27)16-18-9-10-18)6-4-13-26-33(30,31)21-8-3-7-20-22(21)25-17-32-20/h2-8,17-18,26,29H,1,9-16H2/b6-4-,19-5+. The van der Waals surface area contributed by atoms with Crippen molar-refractivity contribution in [3.63, 3.8) is 0 Å². The van der Waals surface area contributed by atoms with Crippen LogP contribution in [0.25, 0.3) is 10.2 Å². The highest BCUT2D eigenvalue weighted by atomic mass is 32.2. The van der Waals surface area contributed by atoms with Gasteiger partial charge in [0.1, 0.15) is 10.4 Å². The summed E-state index contributed by atoms with van der Waals surface area (Å²) in [7, 11) is -3.75. The fourth-order valence-corrected chi connectivity index (χ4v) is 6.11. The third-order valence-electron chi connectivity index (χ3n) is 6.19. The normalized spacial score (nSPS) is 19.3. The van der Waals surface area contributed by atoms with Crippen LogP contribution in [0.1, 0.15) is 32.1 Å². The maximum atomic E-state index is 13.0. The molecule has 1 aromatic heterocycles. The molecule has 33 heavy (non-hydrogen) atoms. The lowest BCUT2D eigenvalue weighted by atomic mass is 9.86. The molecular formula is C24H29N3O4S2. The number of aliphatic hydroxyl groups is 1. The van der Waals surface area contributed by atoms with E-state index in [0.29, 0.717) is 42.9 Å². The summed E-state index contributed by atoms with van der Waals surface area (Å²) in [6, 6.07) is 5.05. The van der Waals surface area contributed by atoms with E-state index >= 15 is 0 Å². The first-order valence-corrected chi connectivity index (χ1v) is 13.5. The Morgan fingerprint density at radius 3 is 2.79 bits per heavy atom. The first-order chi connectivity index (χ1) is 15.8. The average molecular weight is 488 g/mol. The lowest BCUT2D eigenvalue weighted by molar-refractivity contribution is -0.131. The van der Waals surface area contributed by atoms with Gasteiger partial charge in [-0.15, -0.1) is 11.3 Å². The molecule has 0 radical (unpaired) electrons. The van der Waals surface area contributed by atoms with E-state index in [1.807, 2.05) is 6.07 Å². The van der Waals surface area contributed by atoms with Crippen LogP contribution in [-0.2, 0) is 14.8 Å². The van der Waals surface area contributed by atoms with Gasteiger partial charge in [-0.05, 0) is 37.3 Å². The summed E-state index contributed by atoms with van der Waals surface area (Å²) in [5.41, 5.74) is 1.84. The predicted octanol–water partition coefficient (Wildman–Crippen LogP) is 3.40. The summed E-state index contributed by atoms with van der Waals surface area (Å²) < 4.78 is 28.8. The molecule has 2 N–H and O–H groups in total. The Kier molecular flexibility index (Phi) is 7.13. The second-order valence-corrected chi connectivity index (χ2v) is 11.4. The zero-order valence-corrected chi connectivity index (χ0v) is 20.1. The van der Waals surface area contributed by atoms with Crippen molar-refractivity contribution >= 4 is 37.5 Å². The summed E-state index contributed by atoms with van der Waals surface area (Å²) in [6.07, 6.45) is 10.8. The van der Waals surface area contributed by atoms with Crippen molar-refractivity contribution in [2.45, 2.75) is 42.6 Å². The fourth-order valence-electron chi connectivity index (χ4n) is 4.20. The number of hydrogen-bond donors (Lipinski definition) is 2. The smallest absolute Gasteiger partial charge is 0.253 e. The number of hydrogen-bond acceptors (Lipinski definition) is 6. The molecule has 1 aliphatic heterocycles. The molecule has 176 valence electrons. The molecule has 2 heterocycles. The highest BCUT2D eigenvalue weighted by molar-refractivity contribution is 7.89. The second-order valence-electron chi connectivity index (χ2n) is 8.73. The number of sulfonamides is 1. The maximum Gasteiger partial charge on any atom is 0.253 e. The Hall–Kier alpha value is -2.33. The van der Waals surface area contributed by atoms with Crippen molar-refractivity contribution in [2.75, 3.05) is 19.6 Å². The van der Waals surface area contributed by atoms with Gasteiger partial charge in [-0.1, -0.05) is 49.8 Å². The van der Waals surface area contributed by atoms with Crippen molar-refractivity contribution in [1.82, 2.24) is 14.6 Å². The van der Waals surface area contributed by atoms with Gasteiger partial charge in [0.15, 0.2) is 0 Å². The number of thiazole rings is 1. The number of nitrogens with zero attached hydrogens (tertiary/aromatic N) is 2. The number of carbonyl (C=O) groups excluding carboxylic acids is 1. The lowest BCUT2D eigenvalue weighted by Crippen LogP contribution is -2.47. The molecule has 2 fully saturated rings. The van der Waals surface area contributed by atoms with E-state index < -0.39 is 15.6 Å². The quantitative estimate of drug-likeness (QED) is 0.417. The van der Waals surface area contributed by atoms with Gasteiger partial charge in [-0.25, -0.2) is 18.1 Å². The summed E-state index contributed by atoms with van der Waals surface area (Å²) in [5.74, 6) is 0.498. The second kappa shape index (κ2) is 9.89. The zero-order chi connectivity index (χ0) is 23.5. The van der Waals surface area contributed by atoms with Crippen LogP contribution in [-0.4, -0.2) is 54.6 Å². The van der Waals surface area contributed by atoms with Crippen molar-refractivity contribution < 1.29 is 18.3 Å². The number of rotatable bonds is 9. The number of fused-ring (bicyclic) bond motifs is 1. The number of piperidine rings is 1. The predicted molar refractivity (Wildman–Crippen MR) is 130 cm³/mol. The van der Waals surface area contributed by atoms with Gasteiger partial charge in [-0.3, -0.25) is 4.79 Å². The number of allylic oxidation sites excluding steroid dienone is 2. The van der Waals surface area contributed by atoms with Gasteiger partial charge in [0.2, 0.25) is 10.0 Å². The Labute approximate surface area is 198 Å². The molecular weight excluding hydrogens is 458 g/mol. The van der Waals surface area contributed by atoms with E-state index in [9.17, 15) is 18.3 Å². The molecule has 2 aliphatic rings. The Balaban J connectivity index is 1.35. The Morgan fingerprint density at radius 1 is 1.33 bits per heavy atom. The Morgan fingerprint density at radius 2 is 2.09 bits per heavy atom. The minimum absolute atomic E-state index is 0.0335. The minimum atomic E-state index is -3.75. The number of nitrogens with one attached hydrogen (secondary N) is 1. The van der Waals surface area contributed by atoms with Crippen LogP contribution in [0, 0.1) is 5.92 Å². The van der Waals surface area contributed by atoms with E-state index in [4.69, 9.17) is 0 Å². The average Bonchev–Trinajstić information content (AvgIpc) is 3.46. The van der Waals surface area contributed by atoms with Crippen LogP contribution in [0.3, 0.4) is 0 Å². The molecule has 7 nitrogen and oxygen atoms in total. The molecule has 9 heteroatoms. The van der Waals surface area contributed by atoms with E-state index in [2.05, 4.69) is 16.3 Å². The monoisotopic (exact) mass is 487 g/mol. The molecule has 1 aliphatic carbocycles. The first-order valence-electron chi connectivity index (χ1n) is 11.1. The number of benzene rings is 1. The minimum Gasteiger partial charge on any atom is -0.390 e. The summed E-state index contributed by atoms with van der Waals surface area (Å²) in [5, 5.41) is 10.8. The number of para-hydroxylation sites is 1. The van der Waals surface area contributed by atoms with E-state index in [-0.39, 0.29) is 17.3 Å². The number of amides is 1. The van der Waals surface area contributed by atoms with Gasteiger partial charge < -0.3 is 10.0 Å². The van der Waals surface area contributed by atoms with Crippen molar-refractivity contribution in [2.24, 2.45) is 5.92 Å². The molecule has 1 amide bonds. The molecule has 1 aromatic carbocycles. The highest BCUT2D eigenvalue weighted by Crippen LogP contribution is 2.40. The van der Waals surface area contributed by atoms with Crippen LogP contribution in [0.4, 0.5) is 0 Å². The van der Waals surface area contributed by atoms with Crippen LogP contribution in [0.2, 0.25) is 0 Å². The molecule has 0 spiro atoms. The van der Waals surface area contributed by atoms with E-state index in [0.717, 1.165) is 11.1 Å². The largest absolute Gasteiger partial charge is 0.390 e. The Bertz CT molecular complexity index is 1190. The van der Waals surface area contributed by atoms with Crippen molar-refractivity contribution in [1.29, 1.82) is 0 Å².